The summed E-state index contributed by atoms with van der Waals surface area (Å²) in [5.41, 5.74) is 2.25. The predicted octanol–water partition coefficient (Wildman–Crippen LogP) is 3.21. The molecule has 1 aromatic carbocycles. The van der Waals surface area contributed by atoms with Crippen LogP contribution in [0.25, 0.3) is 0 Å². The molecule has 1 aliphatic heterocycles. The number of benzene rings is 1. The van der Waals surface area contributed by atoms with Crippen LogP contribution >= 0.6 is 11.3 Å². The summed E-state index contributed by atoms with van der Waals surface area (Å²) in [6.45, 7) is 2.27. The van der Waals surface area contributed by atoms with E-state index in [0.29, 0.717) is 17.5 Å². The lowest BCUT2D eigenvalue weighted by molar-refractivity contribution is -0.122. The average Bonchev–Trinajstić information content (AvgIpc) is 3.09. The van der Waals surface area contributed by atoms with E-state index in [9.17, 15) is 4.79 Å². The Morgan fingerprint density at radius 1 is 1.36 bits per heavy atom. The number of aryl methyl sites for hydroxylation is 1. The average molecular weight is 314 g/mol. The first-order valence-corrected chi connectivity index (χ1v) is 8.54. The van der Waals surface area contributed by atoms with E-state index in [1.807, 2.05) is 24.3 Å². The third kappa shape index (κ3) is 2.50. The molecule has 2 heterocycles. The van der Waals surface area contributed by atoms with E-state index in [1.165, 1.54) is 11.3 Å². The van der Waals surface area contributed by atoms with E-state index in [2.05, 4.69) is 17.2 Å². The van der Waals surface area contributed by atoms with Gasteiger partial charge >= 0.3 is 0 Å². The van der Waals surface area contributed by atoms with Crippen molar-refractivity contribution in [1.82, 2.24) is 4.98 Å². The smallest absolute Gasteiger partial charge is 0.267 e. The Balaban J connectivity index is 1.45. The molecule has 1 aromatic heterocycles. The summed E-state index contributed by atoms with van der Waals surface area (Å²) in [4.78, 5) is 18.3. The minimum Gasteiger partial charge on any atom is -0.480 e. The van der Waals surface area contributed by atoms with Gasteiger partial charge in [0.05, 0.1) is 5.69 Å². The number of carbonyl (C=O) groups is 1. The van der Waals surface area contributed by atoms with Gasteiger partial charge < -0.3 is 4.74 Å². The van der Waals surface area contributed by atoms with Crippen LogP contribution in [0, 0.1) is 5.92 Å². The lowest BCUT2D eigenvalue weighted by Gasteiger charge is -2.15. The highest BCUT2D eigenvalue weighted by Crippen LogP contribution is 2.33. The number of rotatable bonds is 2. The fourth-order valence-electron chi connectivity index (χ4n) is 3.11. The number of para-hydroxylation sites is 1. The molecule has 4 rings (SSSR count). The second-order valence-corrected chi connectivity index (χ2v) is 7.23. The summed E-state index contributed by atoms with van der Waals surface area (Å²) in [6, 6.07) is 7.81. The summed E-state index contributed by atoms with van der Waals surface area (Å²) >= 11 is 1.61. The van der Waals surface area contributed by atoms with Gasteiger partial charge in [0.1, 0.15) is 5.75 Å². The van der Waals surface area contributed by atoms with Crippen LogP contribution in [0.5, 0.6) is 5.75 Å². The molecule has 1 N–H and O–H groups in total. The highest BCUT2D eigenvalue weighted by atomic mass is 32.1. The Labute approximate surface area is 133 Å². The van der Waals surface area contributed by atoms with Crippen LogP contribution in [-0.4, -0.2) is 17.0 Å². The number of ether oxygens (including phenoxy) is 1. The zero-order chi connectivity index (χ0) is 15.1. The lowest BCUT2D eigenvalue weighted by atomic mass is 9.93. The van der Waals surface area contributed by atoms with Crippen molar-refractivity contribution in [3.8, 4) is 5.75 Å². The van der Waals surface area contributed by atoms with E-state index < -0.39 is 6.10 Å². The molecule has 1 amide bonds. The molecule has 2 aromatic rings. The number of carbonyl (C=O) groups excluding carboxylic acids is 1. The molecule has 0 fully saturated rings. The third-order valence-corrected chi connectivity index (χ3v) is 5.39. The molecule has 0 saturated carbocycles. The van der Waals surface area contributed by atoms with E-state index >= 15 is 0 Å². The summed E-state index contributed by atoms with van der Waals surface area (Å²) in [5.74, 6) is 1.43. The number of hydrogen-bond acceptors (Lipinski definition) is 4. The fraction of sp³-hybridized carbons (Fsp3) is 0.412. The van der Waals surface area contributed by atoms with Gasteiger partial charge in [0.2, 0.25) is 0 Å². The third-order valence-electron chi connectivity index (χ3n) is 4.36. The Hall–Kier alpha value is -1.88. The largest absolute Gasteiger partial charge is 0.480 e. The Bertz CT molecular complexity index is 700. The minimum absolute atomic E-state index is 0.102. The van der Waals surface area contributed by atoms with Crippen molar-refractivity contribution >= 4 is 22.4 Å². The van der Waals surface area contributed by atoms with Crippen LogP contribution in [0.4, 0.5) is 5.13 Å². The first-order chi connectivity index (χ1) is 10.7. The molecule has 22 heavy (non-hydrogen) atoms. The van der Waals surface area contributed by atoms with Crippen molar-refractivity contribution in [3.05, 3.63) is 40.4 Å². The number of aromatic nitrogens is 1. The molecule has 5 heteroatoms. The van der Waals surface area contributed by atoms with E-state index in [-0.39, 0.29) is 5.91 Å². The first-order valence-electron chi connectivity index (χ1n) is 7.73. The molecule has 0 unspecified atom stereocenters. The highest BCUT2D eigenvalue weighted by molar-refractivity contribution is 7.15. The maximum atomic E-state index is 12.4. The first kappa shape index (κ1) is 13.8. The van der Waals surface area contributed by atoms with Gasteiger partial charge in [-0.1, -0.05) is 25.1 Å². The molecular weight excluding hydrogens is 296 g/mol. The molecule has 0 bridgehead atoms. The normalized spacial score (nSPS) is 22.6. The van der Waals surface area contributed by atoms with Crippen molar-refractivity contribution in [1.29, 1.82) is 0 Å². The topological polar surface area (TPSA) is 51.2 Å². The fourth-order valence-corrected chi connectivity index (χ4v) is 4.28. The standard InChI is InChI=1S/C17H18N2O2S/c1-10-6-7-12-15(8-10)22-17(18-12)19-16(20)14-9-11-4-2-3-5-13(11)21-14/h2-5,10,14H,6-9H2,1H3,(H,18,19,20)/t10-,14-/m1/s1. The Morgan fingerprint density at radius 2 is 2.23 bits per heavy atom. The summed E-state index contributed by atoms with van der Waals surface area (Å²) in [6.07, 6.45) is 3.47. The highest BCUT2D eigenvalue weighted by Gasteiger charge is 2.30. The zero-order valence-electron chi connectivity index (χ0n) is 12.5. The van der Waals surface area contributed by atoms with Gasteiger partial charge in [-0.15, -0.1) is 11.3 Å². The van der Waals surface area contributed by atoms with Crippen molar-refractivity contribution in [2.75, 3.05) is 5.32 Å². The quantitative estimate of drug-likeness (QED) is 0.926. The number of amides is 1. The van der Waals surface area contributed by atoms with Gasteiger partial charge in [0.15, 0.2) is 11.2 Å². The number of hydrogen-bond donors (Lipinski definition) is 1. The molecule has 2 aliphatic rings. The van der Waals surface area contributed by atoms with E-state index in [4.69, 9.17) is 4.74 Å². The molecule has 0 saturated heterocycles. The molecular formula is C17H18N2O2S. The van der Waals surface area contributed by atoms with Crippen LogP contribution in [0.2, 0.25) is 0 Å². The van der Waals surface area contributed by atoms with Crippen molar-refractivity contribution in [2.45, 2.75) is 38.7 Å². The van der Waals surface area contributed by atoms with Gasteiger partial charge in [-0.25, -0.2) is 4.98 Å². The Kier molecular flexibility index (Phi) is 3.37. The van der Waals surface area contributed by atoms with Crippen molar-refractivity contribution in [3.63, 3.8) is 0 Å². The SMILES string of the molecule is C[C@@H]1CCc2nc(NC(=O)[C@H]3Cc4ccccc4O3)sc2C1. The summed E-state index contributed by atoms with van der Waals surface area (Å²) < 4.78 is 5.72. The molecule has 0 spiro atoms. The minimum atomic E-state index is -0.447. The molecule has 114 valence electrons. The van der Waals surface area contributed by atoms with Gasteiger partial charge in [-0.2, -0.15) is 0 Å². The number of nitrogens with one attached hydrogen (secondary N) is 1. The predicted molar refractivity (Wildman–Crippen MR) is 86.5 cm³/mol. The molecule has 1 aliphatic carbocycles. The maximum Gasteiger partial charge on any atom is 0.267 e. The second kappa shape index (κ2) is 5.39. The molecule has 0 radical (unpaired) electrons. The van der Waals surface area contributed by atoms with Crippen LogP contribution in [0.3, 0.4) is 0 Å². The second-order valence-electron chi connectivity index (χ2n) is 6.14. The summed E-state index contributed by atoms with van der Waals surface area (Å²) in [5, 5.41) is 3.65. The molecule has 2 atom stereocenters. The summed E-state index contributed by atoms with van der Waals surface area (Å²) in [7, 11) is 0. The van der Waals surface area contributed by atoms with Gasteiger partial charge in [-0.05, 0) is 36.8 Å². The van der Waals surface area contributed by atoms with Crippen LogP contribution in [0.1, 0.15) is 29.5 Å². The van der Waals surface area contributed by atoms with E-state index in [1.54, 1.807) is 11.3 Å². The Morgan fingerprint density at radius 3 is 3.09 bits per heavy atom. The number of thiazole rings is 1. The number of fused-ring (bicyclic) bond motifs is 2. The zero-order valence-corrected chi connectivity index (χ0v) is 13.3. The van der Waals surface area contributed by atoms with E-state index in [0.717, 1.165) is 29.8 Å². The van der Waals surface area contributed by atoms with Gasteiger partial charge in [0.25, 0.3) is 5.91 Å². The lowest BCUT2D eigenvalue weighted by Crippen LogP contribution is -2.31. The molecule has 4 nitrogen and oxygen atoms in total. The van der Waals surface area contributed by atoms with Crippen molar-refractivity contribution < 1.29 is 9.53 Å². The van der Waals surface area contributed by atoms with Crippen LogP contribution in [0.15, 0.2) is 24.3 Å². The number of nitrogens with zero attached hydrogens (tertiary/aromatic N) is 1. The van der Waals surface area contributed by atoms with Crippen LogP contribution in [-0.2, 0) is 24.1 Å². The van der Waals surface area contributed by atoms with Crippen molar-refractivity contribution in [2.24, 2.45) is 5.92 Å². The van der Waals surface area contributed by atoms with Crippen LogP contribution < -0.4 is 10.1 Å². The monoisotopic (exact) mass is 314 g/mol. The van der Waals surface area contributed by atoms with Gasteiger partial charge in [0, 0.05) is 11.3 Å². The number of anilines is 1. The van der Waals surface area contributed by atoms with Gasteiger partial charge in [-0.3, -0.25) is 10.1 Å². The maximum absolute atomic E-state index is 12.4.